The van der Waals surface area contributed by atoms with Crippen molar-refractivity contribution in [2.75, 3.05) is 19.6 Å². The molecule has 2 heteroatoms. The maximum absolute atomic E-state index is 6.40. The third-order valence-corrected chi connectivity index (χ3v) is 5.31. The molecule has 3 atom stereocenters. The molecule has 3 unspecified atom stereocenters. The molecule has 1 saturated heterocycles. The molecule has 1 aliphatic heterocycles. The topological polar surface area (TPSA) is 29.3 Å². The van der Waals surface area contributed by atoms with Crippen LogP contribution in [-0.2, 0) is 0 Å². The molecule has 1 heterocycles. The van der Waals surface area contributed by atoms with Crippen LogP contribution in [0.2, 0.25) is 0 Å². The van der Waals surface area contributed by atoms with Crippen LogP contribution in [0.15, 0.2) is 0 Å². The Hall–Kier alpha value is -0.0800. The first-order valence-electron chi connectivity index (χ1n) is 7.38. The summed E-state index contributed by atoms with van der Waals surface area (Å²) in [7, 11) is 0. The van der Waals surface area contributed by atoms with Gasteiger partial charge in [0.1, 0.15) is 0 Å². The predicted molar refractivity (Wildman–Crippen MR) is 73.9 cm³/mol. The van der Waals surface area contributed by atoms with Crippen molar-refractivity contribution >= 4 is 0 Å². The molecule has 0 bridgehead atoms. The van der Waals surface area contributed by atoms with E-state index < -0.39 is 0 Å². The summed E-state index contributed by atoms with van der Waals surface area (Å²) in [5.74, 6) is 2.49. The molecule has 2 nitrogen and oxygen atoms in total. The Labute approximate surface area is 107 Å². The van der Waals surface area contributed by atoms with Crippen LogP contribution in [0, 0.1) is 23.2 Å². The molecule has 0 spiro atoms. The lowest BCUT2D eigenvalue weighted by Crippen LogP contribution is -2.41. The normalized spacial score (nSPS) is 38.1. The lowest BCUT2D eigenvalue weighted by atomic mass is 9.85. The molecule has 2 N–H and O–H groups in total. The summed E-state index contributed by atoms with van der Waals surface area (Å²) in [6.07, 6.45) is 4.03. The molecular weight excluding hydrogens is 208 g/mol. The van der Waals surface area contributed by atoms with Crippen molar-refractivity contribution in [1.29, 1.82) is 0 Å². The lowest BCUT2D eigenvalue weighted by molar-refractivity contribution is 0.224. The molecule has 2 rings (SSSR count). The second-order valence-electron chi connectivity index (χ2n) is 7.37. The van der Waals surface area contributed by atoms with E-state index in [0.717, 1.165) is 17.8 Å². The van der Waals surface area contributed by atoms with Crippen molar-refractivity contribution in [3.05, 3.63) is 0 Å². The van der Waals surface area contributed by atoms with Gasteiger partial charge in [-0.25, -0.2) is 0 Å². The van der Waals surface area contributed by atoms with Crippen LogP contribution in [0.3, 0.4) is 0 Å². The van der Waals surface area contributed by atoms with Gasteiger partial charge in [0.05, 0.1) is 0 Å². The average molecular weight is 238 g/mol. The summed E-state index contributed by atoms with van der Waals surface area (Å²) in [6, 6.07) is 0.403. The van der Waals surface area contributed by atoms with Crippen molar-refractivity contribution in [2.45, 2.75) is 53.0 Å². The third-order valence-electron chi connectivity index (χ3n) is 5.31. The summed E-state index contributed by atoms with van der Waals surface area (Å²) in [5, 5.41) is 0. The van der Waals surface area contributed by atoms with Gasteiger partial charge in [0.25, 0.3) is 0 Å². The highest BCUT2D eigenvalue weighted by Gasteiger charge is 2.40. The number of hydrogen-bond acceptors (Lipinski definition) is 2. The summed E-state index contributed by atoms with van der Waals surface area (Å²) < 4.78 is 0. The minimum Gasteiger partial charge on any atom is -0.327 e. The highest BCUT2D eigenvalue weighted by atomic mass is 15.1. The van der Waals surface area contributed by atoms with Gasteiger partial charge in [-0.1, -0.05) is 27.7 Å². The smallest absolute Gasteiger partial charge is 0.0131 e. The van der Waals surface area contributed by atoms with Crippen LogP contribution in [0.5, 0.6) is 0 Å². The van der Waals surface area contributed by atoms with Gasteiger partial charge in [0.2, 0.25) is 0 Å². The Morgan fingerprint density at radius 2 is 2.00 bits per heavy atom. The van der Waals surface area contributed by atoms with Crippen molar-refractivity contribution in [1.82, 2.24) is 4.90 Å². The fraction of sp³-hybridized carbons (Fsp3) is 1.00. The average Bonchev–Trinajstić information content (AvgIpc) is 2.79. The van der Waals surface area contributed by atoms with E-state index in [0.29, 0.717) is 11.5 Å². The maximum Gasteiger partial charge on any atom is 0.0131 e. The van der Waals surface area contributed by atoms with Crippen LogP contribution >= 0.6 is 0 Å². The zero-order chi connectivity index (χ0) is 12.6. The van der Waals surface area contributed by atoms with Crippen molar-refractivity contribution < 1.29 is 0 Å². The van der Waals surface area contributed by atoms with E-state index in [9.17, 15) is 0 Å². The Kier molecular flexibility index (Phi) is 3.84. The van der Waals surface area contributed by atoms with E-state index in [1.807, 2.05) is 0 Å². The summed E-state index contributed by atoms with van der Waals surface area (Å²) in [6.45, 7) is 13.2. The Bertz CT molecular complexity index is 260. The SMILES string of the molecule is CC(C)C1CCN(CC2CCC(C)(C)C2N)C1. The maximum atomic E-state index is 6.40. The molecule has 2 fully saturated rings. The standard InChI is InChI=1S/C15H30N2/c1-11(2)12-6-8-17(9-12)10-13-5-7-15(3,4)14(13)16/h11-14H,5-10,16H2,1-4H3. The first-order valence-corrected chi connectivity index (χ1v) is 7.38. The molecule has 1 saturated carbocycles. The van der Waals surface area contributed by atoms with Gasteiger partial charge in [-0.15, -0.1) is 0 Å². The fourth-order valence-electron chi connectivity index (χ4n) is 3.65. The molecular formula is C15H30N2. The van der Waals surface area contributed by atoms with Gasteiger partial charge in [-0.3, -0.25) is 0 Å². The van der Waals surface area contributed by atoms with Gasteiger partial charge >= 0.3 is 0 Å². The molecule has 0 aromatic heterocycles. The van der Waals surface area contributed by atoms with Gasteiger partial charge in [0.15, 0.2) is 0 Å². The Morgan fingerprint density at radius 3 is 2.47 bits per heavy atom. The van der Waals surface area contributed by atoms with Crippen LogP contribution in [0.4, 0.5) is 0 Å². The monoisotopic (exact) mass is 238 g/mol. The minimum atomic E-state index is 0.363. The first-order chi connectivity index (χ1) is 7.90. The van der Waals surface area contributed by atoms with Gasteiger partial charge in [0, 0.05) is 19.1 Å². The van der Waals surface area contributed by atoms with E-state index in [2.05, 4.69) is 32.6 Å². The Morgan fingerprint density at radius 1 is 1.29 bits per heavy atom. The third kappa shape index (κ3) is 2.85. The zero-order valence-corrected chi connectivity index (χ0v) is 12.1. The molecule has 2 aliphatic rings. The largest absolute Gasteiger partial charge is 0.327 e. The molecule has 0 radical (unpaired) electrons. The van der Waals surface area contributed by atoms with E-state index in [4.69, 9.17) is 5.73 Å². The molecule has 0 aromatic rings. The van der Waals surface area contributed by atoms with Crippen LogP contribution < -0.4 is 5.73 Å². The zero-order valence-electron chi connectivity index (χ0n) is 12.1. The molecule has 100 valence electrons. The second-order valence-corrected chi connectivity index (χ2v) is 7.37. The minimum absolute atomic E-state index is 0.363. The van der Waals surface area contributed by atoms with Crippen molar-refractivity contribution in [3.63, 3.8) is 0 Å². The molecule has 0 aromatic carbocycles. The fourth-order valence-corrected chi connectivity index (χ4v) is 3.65. The summed E-state index contributed by atoms with van der Waals surface area (Å²) in [5.41, 5.74) is 6.77. The van der Waals surface area contributed by atoms with Crippen molar-refractivity contribution in [2.24, 2.45) is 28.9 Å². The summed E-state index contributed by atoms with van der Waals surface area (Å²) in [4.78, 5) is 2.66. The van der Waals surface area contributed by atoms with Crippen LogP contribution in [0.25, 0.3) is 0 Å². The van der Waals surface area contributed by atoms with Gasteiger partial charge in [-0.05, 0) is 49.0 Å². The number of likely N-dealkylation sites (tertiary alicyclic amines) is 1. The number of nitrogens with zero attached hydrogens (tertiary/aromatic N) is 1. The van der Waals surface area contributed by atoms with E-state index in [1.54, 1.807) is 0 Å². The van der Waals surface area contributed by atoms with E-state index in [1.165, 1.54) is 38.9 Å². The van der Waals surface area contributed by atoms with Crippen molar-refractivity contribution in [3.8, 4) is 0 Å². The van der Waals surface area contributed by atoms with Crippen LogP contribution in [0.1, 0.15) is 47.0 Å². The Balaban J connectivity index is 1.83. The van der Waals surface area contributed by atoms with Gasteiger partial charge < -0.3 is 10.6 Å². The highest BCUT2D eigenvalue weighted by molar-refractivity contribution is 4.95. The second kappa shape index (κ2) is 4.89. The van der Waals surface area contributed by atoms with Crippen LogP contribution in [-0.4, -0.2) is 30.6 Å². The number of nitrogens with two attached hydrogens (primary N) is 1. The quantitative estimate of drug-likeness (QED) is 0.819. The molecule has 0 amide bonds. The lowest BCUT2D eigenvalue weighted by Gasteiger charge is -2.29. The highest BCUT2D eigenvalue weighted by Crippen LogP contribution is 2.40. The summed E-state index contributed by atoms with van der Waals surface area (Å²) >= 11 is 0. The molecule has 17 heavy (non-hydrogen) atoms. The van der Waals surface area contributed by atoms with E-state index in [-0.39, 0.29) is 0 Å². The predicted octanol–water partition coefficient (Wildman–Crippen LogP) is 2.73. The number of hydrogen-bond donors (Lipinski definition) is 1. The van der Waals surface area contributed by atoms with Gasteiger partial charge in [-0.2, -0.15) is 0 Å². The first kappa shape index (κ1) is 13.4. The molecule has 1 aliphatic carbocycles. The number of rotatable bonds is 3. The van der Waals surface area contributed by atoms with E-state index >= 15 is 0 Å².